The first-order valence-electron chi connectivity index (χ1n) is 29.8. The molecule has 6 bridgehead atoms. The Balaban J connectivity index is 1.30. The molecule has 0 amide bonds. The number of unbranched alkanes of at least 4 members (excludes halogenated alkanes) is 9. The standard InChI is InChI=1S/C68H70N8O2Si3/c1-4-7-10-30-47-79(48-31-11-8-5-2,49-32-12-9-6-3)77-81(78-80(50-33-16-13-17-34-50,51-35-18-14-19-36-51)52-37-20-15-21-38-52)75-65-57-43-26-27-44-58(57)67(75)73-63-55-41-24-25-42-56(55)64(70-63)74-68-60-46-29-28-45-59(60)66(76(68)81)72-62-54-40-23-22-39-53(54)61(69-62)71-65/h13-29,33-46H,4-12,30-32,47-49H2,1-3H3. The average Bonchev–Trinajstić information content (AvgIpc) is 2.68. The van der Waals surface area contributed by atoms with Crippen molar-refractivity contribution >= 4 is 97.6 Å². The highest BCUT2D eigenvalue weighted by molar-refractivity contribution is 7.10. The van der Waals surface area contributed by atoms with E-state index in [4.69, 9.17) is 30.0 Å². The minimum Gasteiger partial charge on any atom is -0.404 e. The summed E-state index contributed by atoms with van der Waals surface area (Å²) in [5.41, 5.74) is 5.03. The van der Waals surface area contributed by atoms with Crippen molar-refractivity contribution in [3.63, 3.8) is 0 Å². The molecule has 0 saturated carbocycles. The van der Waals surface area contributed by atoms with Gasteiger partial charge in [0.25, 0.3) is 8.32 Å². The van der Waals surface area contributed by atoms with E-state index in [-0.39, 0.29) is 0 Å². The van der Waals surface area contributed by atoms with Crippen LogP contribution in [0.25, 0.3) is 21.5 Å². The van der Waals surface area contributed by atoms with Gasteiger partial charge in [-0.05, 0) is 33.7 Å². The van der Waals surface area contributed by atoms with E-state index in [0.717, 1.165) is 135 Å². The highest BCUT2D eigenvalue weighted by Gasteiger charge is 2.62. The van der Waals surface area contributed by atoms with Crippen molar-refractivity contribution in [2.75, 3.05) is 0 Å². The molecule has 0 aliphatic carbocycles. The second-order valence-corrected chi connectivity index (χ2v) is 32.8. The van der Waals surface area contributed by atoms with Crippen LogP contribution in [0.2, 0.25) is 18.1 Å². The van der Waals surface area contributed by atoms with Crippen LogP contribution in [-0.4, -0.2) is 57.3 Å². The molecule has 0 radical (unpaired) electrons. The summed E-state index contributed by atoms with van der Waals surface area (Å²) in [4.78, 5) is 34.8. The van der Waals surface area contributed by atoms with Crippen molar-refractivity contribution in [1.82, 2.24) is 8.47 Å². The van der Waals surface area contributed by atoms with Gasteiger partial charge in [0.05, 0.1) is 0 Å². The number of aliphatic imine (C=N–C) groups is 4. The van der Waals surface area contributed by atoms with Crippen molar-refractivity contribution in [1.29, 1.82) is 0 Å². The van der Waals surface area contributed by atoms with Crippen LogP contribution in [0.1, 0.15) is 120 Å². The van der Waals surface area contributed by atoms with Gasteiger partial charge < -0.3 is 8.23 Å². The van der Waals surface area contributed by atoms with E-state index in [0.29, 0.717) is 46.0 Å². The van der Waals surface area contributed by atoms with Crippen molar-refractivity contribution in [3.05, 3.63) is 221 Å². The molecule has 4 aliphatic rings. The molecular weight excluding hydrogens is 1050 g/mol. The maximum Gasteiger partial charge on any atom is 0.582 e. The van der Waals surface area contributed by atoms with Gasteiger partial charge in [-0.1, -0.05) is 286 Å². The van der Waals surface area contributed by atoms with Crippen molar-refractivity contribution in [2.24, 2.45) is 30.0 Å². The zero-order chi connectivity index (χ0) is 54.8. The molecule has 406 valence electrons. The van der Waals surface area contributed by atoms with E-state index in [9.17, 15) is 8.23 Å². The molecule has 6 heterocycles. The highest BCUT2D eigenvalue weighted by Crippen LogP contribution is 2.46. The van der Waals surface area contributed by atoms with Gasteiger partial charge >= 0.3 is 8.88 Å². The summed E-state index contributed by atoms with van der Waals surface area (Å²) < 4.78 is 23.7. The summed E-state index contributed by atoms with van der Waals surface area (Å²) in [6.45, 7) is 6.95. The first-order chi connectivity index (χ1) is 40.0. The lowest BCUT2D eigenvalue weighted by atomic mass is 10.1. The largest absolute Gasteiger partial charge is 0.582 e. The monoisotopic (exact) mass is 1110 g/mol. The normalized spacial score (nSPS) is 16.0. The van der Waals surface area contributed by atoms with Gasteiger partial charge in [0.2, 0.25) is 0 Å². The molecule has 0 spiro atoms. The van der Waals surface area contributed by atoms with Crippen LogP contribution >= 0.6 is 0 Å². The van der Waals surface area contributed by atoms with Crippen LogP contribution in [0.4, 0.5) is 11.6 Å². The van der Waals surface area contributed by atoms with Crippen LogP contribution in [0.15, 0.2) is 218 Å². The second kappa shape index (κ2) is 22.8. The lowest BCUT2D eigenvalue weighted by Gasteiger charge is -2.47. The Morgan fingerprint density at radius 3 is 1.04 bits per heavy atom. The predicted octanol–water partition coefficient (Wildman–Crippen LogP) is 13.8. The lowest BCUT2D eigenvalue weighted by Crippen LogP contribution is -2.79. The Morgan fingerprint density at radius 1 is 0.333 bits per heavy atom. The summed E-state index contributed by atoms with van der Waals surface area (Å²) in [5, 5.41) is 6.99. The molecule has 10 nitrogen and oxygen atoms in total. The van der Waals surface area contributed by atoms with Crippen LogP contribution in [-0.2, 0) is 8.23 Å². The average molecular weight is 1120 g/mol. The minimum absolute atomic E-state index is 0.587. The highest BCUT2D eigenvalue weighted by atomic mass is 28.5. The molecule has 2 aromatic heterocycles. The number of rotatable bonds is 22. The minimum atomic E-state index is -4.79. The maximum absolute atomic E-state index is 9.47. The van der Waals surface area contributed by atoms with Crippen LogP contribution in [0, 0.1) is 0 Å². The van der Waals surface area contributed by atoms with Gasteiger partial charge in [0.15, 0.2) is 31.7 Å². The van der Waals surface area contributed by atoms with Crippen LogP contribution in [0.5, 0.6) is 0 Å². The van der Waals surface area contributed by atoms with Gasteiger partial charge in [-0.2, -0.15) is 0 Å². The molecular formula is C68H70N8O2Si3. The first-order valence-corrected chi connectivity index (χ1v) is 36.0. The Kier molecular flexibility index (Phi) is 14.9. The van der Waals surface area contributed by atoms with E-state index in [1.54, 1.807) is 0 Å². The van der Waals surface area contributed by atoms with E-state index in [1.165, 1.54) is 19.3 Å². The second-order valence-electron chi connectivity index (χ2n) is 22.3. The number of nitrogens with zero attached hydrogens (tertiary/aromatic N) is 8. The SMILES string of the molecule is CCCCCC[Si](CCCCCC)(CCCCCC)O[Si]1(O[Si](c2ccccc2)(c2ccccc2)c2ccccc2)n2c3c4ccccc4c2N=C2N=C(N=c4c5ccccc5c(n41)=NC1=NC(=N3)c3ccccc31)c1ccccc12. The maximum atomic E-state index is 9.47. The Bertz CT molecular complexity index is 3770. The van der Waals surface area contributed by atoms with Gasteiger partial charge in [-0.3, -0.25) is 8.47 Å². The van der Waals surface area contributed by atoms with Gasteiger partial charge in [-0.15, -0.1) is 0 Å². The molecule has 0 saturated heterocycles. The lowest BCUT2D eigenvalue weighted by molar-refractivity contribution is 0.333. The number of hydrogen-bond acceptors (Lipinski definition) is 8. The third kappa shape index (κ3) is 9.42. The molecule has 1 unspecified atom stereocenters. The number of hydrogen-bond donors (Lipinski definition) is 0. The van der Waals surface area contributed by atoms with Crippen molar-refractivity contribution in [3.8, 4) is 0 Å². The van der Waals surface area contributed by atoms with E-state index < -0.39 is 25.5 Å². The molecule has 1 atom stereocenters. The molecule has 0 fully saturated rings. The summed E-state index contributed by atoms with van der Waals surface area (Å²) in [6, 6.07) is 70.2. The van der Waals surface area contributed by atoms with Crippen molar-refractivity contribution < 1.29 is 8.23 Å². The molecule has 13 rings (SSSR count). The topological polar surface area (TPSA) is 102 Å². The van der Waals surface area contributed by atoms with E-state index in [2.05, 4.69) is 217 Å². The van der Waals surface area contributed by atoms with Crippen molar-refractivity contribution in [2.45, 2.75) is 116 Å². The zero-order valence-corrected chi connectivity index (χ0v) is 49.9. The van der Waals surface area contributed by atoms with Gasteiger partial charge in [0.1, 0.15) is 22.6 Å². The Morgan fingerprint density at radius 2 is 0.667 bits per heavy atom. The summed E-state index contributed by atoms with van der Waals surface area (Å²) in [7, 11) is -11.7. The number of fused-ring (bicyclic) bond motifs is 14. The fraction of sp³-hybridized carbons (Fsp3) is 0.265. The summed E-state index contributed by atoms with van der Waals surface area (Å²) in [6.07, 6.45) is 13.6. The number of amidine groups is 4. The first kappa shape index (κ1) is 52.8. The van der Waals surface area contributed by atoms with Crippen LogP contribution in [0.3, 0.4) is 0 Å². The zero-order valence-electron chi connectivity index (χ0n) is 46.9. The molecule has 81 heavy (non-hydrogen) atoms. The Hall–Kier alpha value is -7.53. The fourth-order valence-corrected chi connectivity index (χ4v) is 29.8. The molecule has 13 heteroatoms. The molecule has 9 aromatic rings. The molecule has 0 N–H and O–H groups in total. The molecule has 4 aliphatic heterocycles. The summed E-state index contributed by atoms with van der Waals surface area (Å²) >= 11 is 0. The van der Waals surface area contributed by atoms with E-state index >= 15 is 0 Å². The Labute approximate surface area is 478 Å². The fourth-order valence-electron chi connectivity index (χ4n) is 13.0. The third-order valence-electron chi connectivity index (χ3n) is 17.0. The predicted molar refractivity (Wildman–Crippen MR) is 340 cm³/mol. The van der Waals surface area contributed by atoms with Gasteiger partial charge in [0, 0.05) is 43.8 Å². The summed E-state index contributed by atoms with van der Waals surface area (Å²) in [5.74, 6) is 3.71. The number of benzene rings is 7. The molecule has 7 aromatic carbocycles. The van der Waals surface area contributed by atoms with Crippen LogP contribution < -0.4 is 26.5 Å². The quantitative estimate of drug-likeness (QED) is 0.0383. The third-order valence-corrected chi connectivity index (χ3v) is 31.2. The smallest absolute Gasteiger partial charge is 0.404 e. The van der Waals surface area contributed by atoms with E-state index in [1.807, 2.05) is 0 Å². The van der Waals surface area contributed by atoms with Gasteiger partial charge in [-0.25, -0.2) is 30.0 Å². The number of aromatic nitrogens is 2.